The Morgan fingerprint density at radius 1 is 1.13 bits per heavy atom. The van der Waals surface area contributed by atoms with Crippen molar-refractivity contribution in [2.75, 3.05) is 20.8 Å². The van der Waals surface area contributed by atoms with Gasteiger partial charge in [0.15, 0.2) is 11.9 Å². The fraction of sp³-hybridized carbons (Fsp3) is 0.680. The van der Waals surface area contributed by atoms with Crippen LogP contribution < -0.4 is 0 Å². The quantitative estimate of drug-likeness (QED) is 0.327. The molecule has 0 saturated heterocycles. The number of hydrogen-bond acceptors (Lipinski definition) is 6. The molecule has 0 aliphatic heterocycles. The second kappa shape index (κ2) is 14.1. The van der Waals surface area contributed by atoms with Crippen LogP contribution in [-0.4, -0.2) is 43.8 Å². The third-order valence-corrected chi connectivity index (χ3v) is 5.71. The zero-order chi connectivity index (χ0) is 23.4. The molecule has 3 atom stereocenters. The van der Waals surface area contributed by atoms with Crippen molar-refractivity contribution < 1.29 is 28.9 Å². The van der Waals surface area contributed by atoms with Gasteiger partial charge in [-0.2, -0.15) is 0 Å². The van der Waals surface area contributed by atoms with Gasteiger partial charge in [-0.15, -0.1) is 0 Å². The Hall–Kier alpha value is -2.08. The smallest absolute Gasteiger partial charge is 0.303 e. The van der Waals surface area contributed by atoms with Crippen LogP contribution in [-0.2, 0) is 23.8 Å². The largest absolute Gasteiger partial charge is 0.493 e. The lowest BCUT2D eigenvalue weighted by Gasteiger charge is -2.31. The highest BCUT2D eigenvalue weighted by Crippen LogP contribution is 2.33. The first kappa shape index (κ1) is 27.0. The Bertz CT molecular complexity index is 688. The third kappa shape index (κ3) is 9.30. The summed E-state index contributed by atoms with van der Waals surface area (Å²) >= 11 is 0. The zero-order valence-electron chi connectivity index (χ0n) is 20.0. The van der Waals surface area contributed by atoms with E-state index in [2.05, 4.69) is 32.9 Å². The predicted molar refractivity (Wildman–Crippen MR) is 121 cm³/mol. The lowest BCUT2D eigenvalue weighted by Crippen LogP contribution is -2.37. The summed E-state index contributed by atoms with van der Waals surface area (Å²) < 4.78 is 16.1. The normalized spacial score (nSPS) is 21.2. The summed E-state index contributed by atoms with van der Waals surface area (Å²) in [5, 5.41) is 9.10. The van der Waals surface area contributed by atoms with E-state index in [4.69, 9.17) is 19.3 Å². The number of ketones is 1. The topological polar surface area (TPSA) is 82.1 Å². The van der Waals surface area contributed by atoms with E-state index in [0.29, 0.717) is 18.1 Å². The minimum Gasteiger partial charge on any atom is -0.493 e. The number of methoxy groups -OCH3 is 2. The number of carbonyl (C=O) groups excluding carboxylic acids is 2. The SMILES string of the molecule is COC1=C(OC)[C@H](OC(C)=O)[C@H](C/C=C(\C)CC/C=C(\C)CCCC(C)CO)CC1=O. The van der Waals surface area contributed by atoms with Crippen LogP contribution in [0.15, 0.2) is 34.8 Å². The van der Waals surface area contributed by atoms with Crippen LogP contribution in [0.4, 0.5) is 0 Å². The maximum absolute atomic E-state index is 12.4. The molecule has 0 aromatic rings. The van der Waals surface area contributed by atoms with Crippen molar-refractivity contribution in [3.8, 4) is 0 Å². The van der Waals surface area contributed by atoms with Crippen LogP contribution >= 0.6 is 0 Å². The van der Waals surface area contributed by atoms with Gasteiger partial charge >= 0.3 is 5.97 Å². The van der Waals surface area contributed by atoms with Crippen molar-refractivity contribution in [3.63, 3.8) is 0 Å². The monoisotopic (exact) mass is 436 g/mol. The second-order valence-corrected chi connectivity index (χ2v) is 8.57. The van der Waals surface area contributed by atoms with Crippen LogP contribution in [0.2, 0.25) is 0 Å². The van der Waals surface area contributed by atoms with Crippen molar-refractivity contribution in [2.45, 2.75) is 78.7 Å². The number of hydrogen-bond donors (Lipinski definition) is 1. The van der Waals surface area contributed by atoms with Gasteiger partial charge < -0.3 is 19.3 Å². The van der Waals surface area contributed by atoms with Gasteiger partial charge in [-0.1, -0.05) is 30.2 Å². The summed E-state index contributed by atoms with van der Waals surface area (Å²) in [7, 11) is 2.88. The number of aliphatic hydroxyl groups is 1. The standard InChI is InChI=1S/C25H40O6/c1-17(10-8-12-19(3)16-26)9-7-11-18(2)13-14-21-15-22(28)24(29-5)25(30-6)23(21)31-20(4)27/h9,13,19,21,23,26H,7-8,10-12,14-16H2,1-6H3/b17-9+,18-13+/t19?,21-,23-/m1/s1. The summed E-state index contributed by atoms with van der Waals surface area (Å²) in [5.41, 5.74) is 2.63. The van der Waals surface area contributed by atoms with E-state index >= 15 is 0 Å². The first-order chi connectivity index (χ1) is 14.7. The molecule has 176 valence electrons. The van der Waals surface area contributed by atoms with Crippen molar-refractivity contribution in [1.82, 2.24) is 0 Å². The Balaban J connectivity index is 2.67. The van der Waals surface area contributed by atoms with Crippen LogP contribution in [0.3, 0.4) is 0 Å². The molecule has 0 amide bonds. The van der Waals surface area contributed by atoms with Gasteiger partial charge in [-0.05, 0) is 58.3 Å². The van der Waals surface area contributed by atoms with Crippen molar-refractivity contribution in [3.05, 3.63) is 34.8 Å². The molecular weight excluding hydrogens is 396 g/mol. The molecule has 0 aromatic heterocycles. The molecule has 0 radical (unpaired) electrons. The minimum atomic E-state index is -0.623. The third-order valence-electron chi connectivity index (χ3n) is 5.71. The molecule has 0 bridgehead atoms. The van der Waals surface area contributed by atoms with Crippen LogP contribution in [0.5, 0.6) is 0 Å². The Labute approximate surface area is 187 Å². The molecule has 1 rings (SSSR count). The highest BCUT2D eigenvalue weighted by atomic mass is 16.6. The molecule has 0 saturated carbocycles. The summed E-state index contributed by atoms with van der Waals surface area (Å²) in [6.07, 6.45) is 9.80. The van der Waals surface area contributed by atoms with E-state index in [1.807, 2.05) is 0 Å². The van der Waals surface area contributed by atoms with Gasteiger partial charge in [0, 0.05) is 25.9 Å². The van der Waals surface area contributed by atoms with Gasteiger partial charge in [0.25, 0.3) is 0 Å². The van der Waals surface area contributed by atoms with Crippen LogP contribution in [0.25, 0.3) is 0 Å². The van der Waals surface area contributed by atoms with Gasteiger partial charge in [0.05, 0.1) is 14.2 Å². The number of ether oxygens (including phenoxy) is 3. The number of Topliss-reactive ketones (excluding diaryl/α,β-unsaturated/α-hetero) is 1. The highest BCUT2D eigenvalue weighted by Gasteiger charge is 2.40. The zero-order valence-corrected chi connectivity index (χ0v) is 20.0. The van der Waals surface area contributed by atoms with Crippen LogP contribution in [0.1, 0.15) is 72.6 Å². The van der Waals surface area contributed by atoms with Crippen molar-refractivity contribution >= 4 is 11.8 Å². The second-order valence-electron chi connectivity index (χ2n) is 8.57. The molecule has 31 heavy (non-hydrogen) atoms. The van der Waals surface area contributed by atoms with Crippen molar-refractivity contribution in [2.24, 2.45) is 11.8 Å². The molecule has 0 fully saturated rings. The maximum Gasteiger partial charge on any atom is 0.303 e. The molecular formula is C25H40O6. The molecule has 0 spiro atoms. The predicted octanol–water partition coefficient (Wildman–Crippen LogP) is 4.87. The van der Waals surface area contributed by atoms with Gasteiger partial charge in [0.2, 0.25) is 11.5 Å². The molecule has 1 aliphatic rings. The molecule has 6 heteroatoms. The number of aliphatic hydroxyl groups excluding tert-OH is 1. The summed E-state index contributed by atoms with van der Waals surface area (Å²) in [6, 6.07) is 0. The number of allylic oxidation sites excluding steroid dienone is 5. The van der Waals surface area contributed by atoms with E-state index < -0.39 is 12.1 Å². The summed E-state index contributed by atoms with van der Waals surface area (Å²) in [6.45, 7) is 7.93. The first-order valence-corrected chi connectivity index (χ1v) is 11.2. The van der Waals surface area contributed by atoms with E-state index in [1.165, 1.54) is 32.3 Å². The molecule has 1 aliphatic carbocycles. The molecule has 0 aromatic carbocycles. The molecule has 6 nitrogen and oxygen atoms in total. The fourth-order valence-electron chi connectivity index (χ4n) is 3.80. The average Bonchev–Trinajstić information content (AvgIpc) is 2.72. The van der Waals surface area contributed by atoms with E-state index in [0.717, 1.165) is 32.1 Å². The average molecular weight is 437 g/mol. The minimum absolute atomic E-state index is 0.132. The van der Waals surface area contributed by atoms with Gasteiger partial charge in [-0.3, -0.25) is 9.59 Å². The van der Waals surface area contributed by atoms with E-state index in [9.17, 15) is 9.59 Å². The first-order valence-electron chi connectivity index (χ1n) is 11.2. The number of rotatable bonds is 13. The van der Waals surface area contributed by atoms with Gasteiger partial charge in [0.1, 0.15) is 0 Å². The number of carbonyl (C=O) groups is 2. The summed E-state index contributed by atoms with van der Waals surface area (Å²) in [5.74, 6) is 0.0792. The Kier molecular flexibility index (Phi) is 12.2. The Morgan fingerprint density at radius 2 is 1.81 bits per heavy atom. The molecule has 0 heterocycles. The fourth-order valence-corrected chi connectivity index (χ4v) is 3.80. The van der Waals surface area contributed by atoms with E-state index in [-0.39, 0.29) is 30.5 Å². The maximum atomic E-state index is 12.4. The molecule has 1 N–H and O–H groups in total. The summed E-state index contributed by atoms with van der Waals surface area (Å²) in [4.78, 5) is 24.0. The number of esters is 1. The van der Waals surface area contributed by atoms with Crippen LogP contribution in [0, 0.1) is 11.8 Å². The lowest BCUT2D eigenvalue weighted by atomic mass is 9.85. The highest BCUT2D eigenvalue weighted by molar-refractivity contribution is 5.95. The Morgan fingerprint density at radius 3 is 2.39 bits per heavy atom. The van der Waals surface area contributed by atoms with Crippen molar-refractivity contribution in [1.29, 1.82) is 0 Å². The molecule has 1 unspecified atom stereocenters. The van der Waals surface area contributed by atoms with E-state index in [1.54, 1.807) is 0 Å². The lowest BCUT2D eigenvalue weighted by molar-refractivity contribution is -0.151. The van der Waals surface area contributed by atoms with Gasteiger partial charge in [-0.25, -0.2) is 0 Å².